The number of carbonyl (C=O) groups is 1. The predicted octanol–water partition coefficient (Wildman–Crippen LogP) is 1.16. The van der Waals surface area contributed by atoms with Gasteiger partial charge >= 0.3 is 0 Å². The van der Waals surface area contributed by atoms with Crippen LogP contribution in [-0.2, 0) is 0 Å². The Hall–Kier alpha value is -1.62. The van der Waals surface area contributed by atoms with Crippen LogP contribution >= 0.6 is 0 Å². The van der Waals surface area contributed by atoms with E-state index < -0.39 is 5.82 Å². The van der Waals surface area contributed by atoms with E-state index in [2.05, 4.69) is 10.6 Å². The summed E-state index contributed by atoms with van der Waals surface area (Å²) in [6.45, 7) is 1.28. The van der Waals surface area contributed by atoms with Gasteiger partial charge in [0.25, 0.3) is 5.91 Å². The Kier molecular flexibility index (Phi) is 4.90. The van der Waals surface area contributed by atoms with Crippen LogP contribution in [0.1, 0.15) is 10.4 Å². The van der Waals surface area contributed by atoms with Gasteiger partial charge in [-0.05, 0) is 26.2 Å². The van der Waals surface area contributed by atoms with E-state index in [0.29, 0.717) is 12.1 Å². The summed E-state index contributed by atoms with van der Waals surface area (Å²) in [5, 5.41) is 5.44. The largest absolute Gasteiger partial charge is 0.385 e. The van der Waals surface area contributed by atoms with Gasteiger partial charge in [-0.1, -0.05) is 6.07 Å². The molecule has 0 aliphatic carbocycles. The summed E-state index contributed by atoms with van der Waals surface area (Å²) in [5.74, 6) is -0.691. The van der Waals surface area contributed by atoms with Gasteiger partial charge in [-0.15, -0.1) is 0 Å². The standard InChI is InChI=1S/C12H18FN3O/c1-14-11-9(5-4-6-10(11)13)12(17)15-7-8-16(2)3/h4-6,14H,7-8H2,1-3H3,(H,15,17). The first kappa shape index (κ1) is 13.4. The number of amides is 1. The molecule has 0 unspecified atom stereocenters. The van der Waals surface area contributed by atoms with Crippen molar-refractivity contribution in [2.24, 2.45) is 0 Å². The van der Waals surface area contributed by atoms with Crippen LogP contribution in [0.4, 0.5) is 10.1 Å². The fourth-order valence-corrected chi connectivity index (χ4v) is 1.46. The number of halogens is 1. The van der Waals surface area contributed by atoms with Crippen LogP contribution in [0.3, 0.4) is 0 Å². The van der Waals surface area contributed by atoms with E-state index in [1.165, 1.54) is 12.1 Å². The Morgan fingerprint density at radius 3 is 2.71 bits per heavy atom. The van der Waals surface area contributed by atoms with Gasteiger partial charge < -0.3 is 15.5 Å². The third-order valence-corrected chi connectivity index (χ3v) is 2.35. The number of carbonyl (C=O) groups excluding carboxylic acids is 1. The summed E-state index contributed by atoms with van der Waals surface area (Å²) in [4.78, 5) is 13.8. The van der Waals surface area contributed by atoms with Crippen molar-refractivity contribution < 1.29 is 9.18 Å². The van der Waals surface area contributed by atoms with Crippen molar-refractivity contribution in [3.05, 3.63) is 29.6 Å². The summed E-state index contributed by atoms with van der Waals surface area (Å²) in [6, 6.07) is 4.44. The predicted molar refractivity (Wildman–Crippen MR) is 66.8 cm³/mol. The molecule has 0 saturated heterocycles. The number of benzene rings is 1. The number of rotatable bonds is 5. The Balaban J connectivity index is 2.72. The molecule has 0 aliphatic rings. The van der Waals surface area contributed by atoms with Gasteiger partial charge in [-0.25, -0.2) is 4.39 Å². The minimum absolute atomic E-state index is 0.231. The minimum Gasteiger partial charge on any atom is -0.385 e. The summed E-state index contributed by atoms with van der Waals surface area (Å²) in [7, 11) is 5.44. The lowest BCUT2D eigenvalue weighted by Gasteiger charge is -2.12. The van der Waals surface area contributed by atoms with Gasteiger partial charge in [0.2, 0.25) is 0 Å². The molecule has 1 rings (SSSR count). The molecule has 0 aromatic heterocycles. The number of para-hydroxylation sites is 1. The molecule has 0 fully saturated rings. The molecular weight excluding hydrogens is 221 g/mol. The third kappa shape index (κ3) is 3.71. The van der Waals surface area contributed by atoms with E-state index in [4.69, 9.17) is 0 Å². The molecule has 1 amide bonds. The molecule has 94 valence electrons. The summed E-state index contributed by atoms with van der Waals surface area (Å²) < 4.78 is 13.4. The Morgan fingerprint density at radius 1 is 1.41 bits per heavy atom. The molecule has 0 bridgehead atoms. The van der Waals surface area contributed by atoms with E-state index in [1.807, 2.05) is 19.0 Å². The highest BCUT2D eigenvalue weighted by atomic mass is 19.1. The van der Waals surface area contributed by atoms with Crippen LogP contribution in [-0.4, -0.2) is 45.0 Å². The highest BCUT2D eigenvalue weighted by Gasteiger charge is 2.13. The van der Waals surface area contributed by atoms with Gasteiger partial charge in [0, 0.05) is 20.1 Å². The topological polar surface area (TPSA) is 44.4 Å². The molecule has 0 radical (unpaired) electrons. The lowest BCUT2D eigenvalue weighted by Crippen LogP contribution is -2.31. The summed E-state index contributed by atoms with van der Waals surface area (Å²) >= 11 is 0. The number of likely N-dealkylation sites (N-methyl/N-ethyl adjacent to an activating group) is 1. The normalized spacial score (nSPS) is 10.4. The van der Waals surface area contributed by atoms with E-state index in [-0.39, 0.29) is 11.6 Å². The van der Waals surface area contributed by atoms with Crippen LogP contribution in [0.2, 0.25) is 0 Å². The second kappa shape index (κ2) is 6.20. The Morgan fingerprint density at radius 2 is 2.12 bits per heavy atom. The van der Waals surface area contributed by atoms with E-state index in [1.54, 1.807) is 13.1 Å². The smallest absolute Gasteiger partial charge is 0.253 e. The molecule has 0 aliphatic heterocycles. The first-order valence-electron chi connectivity index (χ1n) is 5.45. The molecule has 0 heterocycles. The first-order valence-corrected chi connectivity index (χ1v) is 5.45. The van der Waals surface area contributed by atoms with Crippen molar-refractivity contribution in [3.63, 3.8) is 0 Å². The third-order valence-electron chi connectivity index (χ3n) is 2.35. The van der Waals surface area contributed by atoms with Crippen LogP contribution in [0, 0.1) is 5.82 Å². The van der Waals surface area contributed by atoms with Gasteiger partial charge in [0.1, 0.15) is 5.82 Å². The maximum absolute atomic E-state index is 13.4. The number of hydrogen-bond donors (Lipinski definition) is 2. The highest BCUT2D eigenvalue weighted by molar-refractivity contribution is 5.99. The second-order valence-corrected chi connectivity index (χ2v) is 3.97. The fourth-order valence-electron chi connectivity index (χ4n) is 1.46. The van der Waals surface area contributed by atoms with Crippen molar-refractivity contribution >= 4 is 11.6 Å². The highest BCUT2D eigenvalue weighted by Crippen LogP contribution is 2.18. The van der Waals surface area contributed by atoms with Crippen LogP contribution in [0.15, 0.2) is 18.2 Å². The average Bonchev–Trinajstić information content (AvgIpc) is 2.28. The Bertz CT molecular complexity index is 393. The van der Waals surface area contributed by atoms with Gasteiger partial charge in [-0.2, -0.15) is 0 Å². The van der Waals surface area contributed by atoms with Gasteiger partial charge in [0.05, 0.1) is 11.3 Å². The SMILES string of the molecule is CNc1c(F)cccc1C(=O)NCCN(C)C. The van der Waals surface area contributed by atoms with Crippen molar-refractivity contribution in [1.29, 1.82) is 0 Å². The molecule has 1 aromatic rings. The number of nitrogens with one attached hydrogen (secondary N) is 2. The van der Waals surface area contributed by atoms with E-state index >= 15 is 0 Å². The molecule has 0 atom stereocenters. The van der Waals surface area contributed by atoms with Gasteiger partial charge in [0.15, 0.2) is 0 Å². The fraction of sp³-hybridized carbons (Fsp3) is 0.417. The van der Waals surface area contributed by atoms with Crippen LogP contribution < -0.4 is 10.6 Å². The lowest BCUT2D eigenvalue weighted by molar-refractivity contribution is 0.0951. The lowest BCUT2D eigenvalue weighted by atomic mass is 10.1. The monoisotopic (exact) mass is 239 g/mol. The summed E-state index contributed by atoms with van der Waals surface area (Å²) in [5.41, 5.74) is 0.557. The quantitative estimate of drug-likeness (QED) is 0.810. The van der Waals surface area contributed by atoms with E-state index in [9.17, 15) is 9.18 Å². The zero-order valence-corrected chi connectivity index (χ0v) is 10.4. The molecule has 0 spiro atoms. The maximum Gasteiger partial charge on any atom is 0.253 e. The van der Waals surface area contributed by atoms with Crippen molar-refractivity contribution in [2.75, 3.05) is 39.5 Å². The molecule has 2 N–H and O–H groups in total. The minimum atomic E-state index is -0.423. The zero-order chi connectivity index (χ0) is 12.8. The molecule has 5 heteroatoms. The molecule has 4 nitrogen and oxygen atoms in total. The zero-order valence-electron chi connectivity index (χ0n) is 10.4. The number of nitrogens with zero attached hydrogens (tertiary/aromatic N) is 1. The second-order valence-electron chi connectivity index (χ2n) is 3.97. The van der Waals surface area contributed by atoms with Crippen molar-refractivity contribution in [3.8, 4) is 0 Å². The summed E-state index contributed by atoms with van der Waals surface area (Å²) in [6.07, 6.45) is 0. The van der Waals surface area contributed by atoms with Crippen molar-refractivity contribution in [2.45, 2.75) is 0 Å². The molecule has 0 saturated carbocycles. The molecular formula is C12H18FN3O. The average molecular weight is 239 g/mol. The van der Waals surface area contributed by atoms with Crippen LogP contribution in [0.25, 0.3) is 0 Å². The maximum atomic E-state index is 13.4. The molecule has 17 heavy (non-hydrogen) atoms. The first-order chi connectivity index (χ1) is 8.06. The Labute approximate surface area is 101 Å². The van der Waals surface area contributed by atoms with E-state index in [0.717, 1.165) is 6.54 Å². The molecule has 1 aromatic carbocycles. The van der Waals surface area contributed by atoms with Gasteiger partial charge in [-0.3, -0.25) is 4.79 Å². The number of anilines is 1. The number of hydrogen-bond acceptors (Lipinski definition) is 3. The van der Waals surface area contributed by atoms with Crippen molar-refractivity contribution in [1.82, 2.24) is 10.2 Å². The van der Waals surface area contributed by atoms with Crippen LogP contribution in [0.5, 0.6) is 0 Å².